The number of fused-ring (bicyclic) bond motifs is 15. The van der Waals surface area contributed by atoms with Crippen molar-refractivity contribution in [1.29, 1.82) is 10.5 Å². The Morgan fingerprint density at radius 2 is 0.980 bits per heavy atom. The lowest BCUT2D eigenvalue weighted by Gasteiger charge is -2.38. The number of nitrogens with zero attached hydrogens (tertiary/aromatic N) is 20. The maximum atomic E-state index is 13.4. The first kappa shape index (κ1) is 62.3. The Bertz CT molecular complexity index is 5160. The number of rotatable bonds is 8. The third kappa shape index (κ3) is 11.2. The molecule has 20 nitrogen and oxygen atoms in total. The van der Waals surface area contributed by atoms with Crippen LogP contribution in [0.25, 0.3) is 85.0 Å². The number of aromatic nitrogens is 13. The van der Waals surface area contributed by atoms with E-state index in [0.717, 1.165) is 137 Å². The van der Waals surface area contributed by atoms with Gasteiger partial charge in [0.15, 0.2) is 11.6 Å². The molecule has 6 aromatic heterocycles. The zero-order chi connectivity index (χ0) is 68.1. The predicted octanol–water partition coefficient (Wildman–Crippen LogP) is 12.7. The largest absolute Gasteiger partial charge is 0.371 e. The van der Waals surface area contributed by atoms with E-state index in [2.05, 4.69) is 224 Å². The number of nitriles is 2. The summed E-state index contributed by atoms with van der Waals surface area (Å²) in [6.45, 7) is 13.4. The SMILES string of the molecule is C[C@H]1CN(c2ccc3c(c2)Cn2cc(-c4ccc(C#N)cc4)cc2-c2nncn2-3)C[C@H]1N(C)C.C[C@H]1CN(c2ccc3c(c2)Cn2cc(-c4ccc(F)cc4)cc2-c2ncnn2-3)C[C@@H]1N(C)C.N#Cc1ccc(-c2cc3n(c2)Cc2cc(N4CCC5(CCC5)C4)ccc2-n2nnnc2-3)cc1. The Hall–Kier alpha value is -11.3. The van der Waals surface area contributed by atoms with Gasteiger partial charge in [0.2, 0.25) is 5.82 Å². The quantitative estimate of drug-likeness (QED) is 0.140. The van der Waals surface area contributed by atoms with Crippen LogP contribution in [0.3, 0.4) is 0 Å². The fourth-order valence-electron chi connectivity index (χ4n) is 16.6. The molecule has 0 radical (unpaired) electrons. The maximum absolute atomic E-state index is 13.4. The van der Waals surface area contributed by atoms with E-state index in [1.807, 2.05) is 70.0 Å². The van der Waals surface area contributed by atoms with Crippen molar-refractivity contribution in [3.05, 3.63) is 210 Å². The lowest BCUT2D eigenvalue weighted by atomic mass is 9.68. The van der Waals surface area contributed by atoms with Crippen LogP contribution in [0.4, 0.5) is 21.5 Å². The van der Waals surface area contributed by atoms with Crippen molar-refractivity contribution in [2.45, 2.75) is 71.2 Å². The zero-order valence-electron chi connectivity index (χ0n) is 57.1. The number of hydrogen-bond donors (Lipinski definition) is 0. The second kappa shape index (κ2) is 24.9. The molecule has 0 N–H and O–H groups in total. The van der Waals surface area contributed by atoms with E-state index in [4.69, 9.17) is 10.5 Å². The van der Waals surface area contributed by atoms with Gasteiger partial charge in [0, 0.05) is 123 Å². The van der Waals surface area contributed by atoms with Crippen LogP contribution in [0.2, 0.25) is 0 Å². The van der Waals surface area contributed by atoms with Gasteiger partial charge in [-0.3, -0.25) is 4.57 Å². The van der Waals surface area contributed by atoms with Gasteiger partial charge < -0.3 is 38.2 Å². The fourth-order valence-corrected chi connectivity index (χ4v) is 16.6. The highest BCUT2D eigenvalue weighted by Crippen LogP contribution is 2.49. The van der Waals surface area contributed by atoms with Crippen molar-refractivity contribution in [1.82, 2.24) is 73.2 Å². The summed E-state index contributed by atoms with van der Waals surface area (Å²) in [5.41, 5.74) is 22.1. The Morgan fingerprint density at radius 1 is 0.500 bits per heavy atom. The molecule has 7 aliphatic rings. The molecular formula is C79H77FN20. The molecule has 4 atom stereocenters. The van der Waals surface area contributed by atoms with Crippen molar-refractivity contribution in [2.75, 3.05) is 82.2 Å². The second-order valence-corrected chi connectivity index (χ2v) is 28.8. The molecule has 0 bridgehead atoms. The van der Waals surface area contributed by atoms with Crippen molar-refractivity contribution in [3.8, 4) is 97.1 Å². The molecule has 21 heteroatoms. The maximum Gasteiger partial charge on any atom is 0.203 e. The standard InChI is InChI=1S/C27H27N7.C26H27FN6.C26H23N7/c1-18-13-32(16-26(18)31(2)3)23-8-9-24-22(10-23)15-33-14-21(20-6-4-19(12-28)5-7-20)11-25(33)27-30-29-17-34(24)27;1-17-12-31(15-25(17)30(2)3)22-8-9-23-20(10-22)14-32-13-19(18-4-6-21(27)7-5-18)11-24(32)26-28-16-29-33(23)26;27-14-18-2-4-19(5-3-18)20-13-24-25-28-29-30-33(25)23-7-6-22(12-21(23)16-32(24)15-20)31-11-10-26(17-31)8-1-9-26/h4-11,14,17-18,26H,13,15-16H2,1-3H3;4-11,13,16-17,25H,12,14-15H2,1-3H3;2-7,12-13,15H,1,8-11,16-17H2/t18-,26+;17-,25-;/m00./s1. The van der Waals surface area contributed by atoms with Gasteiger partial charge in [0.05, 0.1) is 57.4 Å². The predicted molar refractivity (Wildman–Crippen MR) is 386 cm³/mol. The average Bonchev–Trinajstić information content (AvgIpc) is 1.61. The van der Waals surface area contributed by atoms with E-state index >= 15 is 0 Å². The Morgan fingerprint density at radius 3 is 1.47 bits per heavy atom. The third-order valence-electron chi connectivity index (χ3n) is 22.2. The summed E-state index contributed by atoms with van der Waals surface area (Å²) >= 11 is 0. The van der Waals surface area contributed by atoms with Crippen LogP contribution in [0.1, 0.15) is 67.3 Å². The number of anilines is 3. The molecule has 19 rings (SSSR count). The Labute approximate surface area is 580 Å². The molecule has 100 heavy (non-hydrogen) atoms. The first-order valence-electron chi connectivity index (χ1n) is 34.7. The lowest BCUT2D eigenvalue weighted by Crippen LogP contribution is -2.34. The van der Waals surface area contributed by atoms with Crippen molar-refractivity contribution in [2.24, 2.45) is 17.3 Å². The van der Waals surface area contributed by atoms with E-state index in [1.165, 1.54) is 78.1 Å². The topological polar surface area (TPSA) is 184 Å². The number of likely N-dealkylation sites (N-methyl/N-ethyl adjacent to an activating group) is 2. The summed E-state index contributed by atoms with van der Waals surface area (Å²) < 4.78 is 26.0. The van der Waals surface area contributed by atoms with Gasteiger partial charge in [-0.25, -0.2) is 14.1 Å². The Balaban J connectivity index is 0.000000112. The monoisotopic (exact) mass is 1320 g/mol. The molecule has 500 valence electrons. The minimum Gasteiger partial charge on any atom is -0.371 e. The molecule has 0 amide bonds. The van der Waals surface area contributed by atoms with Crippen molar-refractivity contribution in [3.63, 3.8) is 0 Å². The van der Waals surface area contributed by atoms with Crippen molar-refractivity contribution < 1.29 is 4.39 Å². The summed E-state index contributed by atoms with van der Waals surface area (Å²) in [6, 6.07) is 54.1. The summed E-state index contributed by atoms with van der Waals surface area (Å²) in [4.78, 5) is 16.8. The molecule has 1 aliphatic carbocycles. The summed E-state index contributed by atoms with van der Waals surface area (Å²) in [5.74, 6) is 3.43. The lowest BCUT2D eigenvalue weighted by molar-refractivity contribution is 0.165. The molecule has 4 fully saturated rings. The first-order chi connectivity index (χ1) is 48.7. The second-order valence-electron chi connectivity index (χ2n) is 28.8. The minimum atomic E-state index is -0.228. The zero-order valence-corrected chi connectivity index (χ0v) is 57.1. The Kier molecular flexibility index (Phi) is 15.5. The van der Waals surface area contributed by atoms with E-state index in [0.29, 0.717) is 40.5 Å². The molecule has 12 aromatic rings. The van der Waals surface area contributed by atoms with Gasteiger partial charge >= 0.3 is 0 Å². The van der Waals surface area contributed by atoms with Crippen LogP contribution in [0.5, 0.6) is 0 Å². The van der Waals surface area contributed by atoms with E-state index in [-0.39, 0.29) is 5.82 Å². The number of halogens is 1. The van der Waals surface area contributed by atoms with Gasteiger partial charge in [-0.15, -0.1) is 15.3 Å². The van der Waals surface area contributed by atoms with Crippen LogP contribution < -0.4 is 14.7 Å². The molecule has 1 spiro atoms. The van der Waals surface area contributed by atoms with E-state index < -0.39 is 0 Å². The molecule has 6 aromatic carbocycles. The number of hydrogen-bond acceptors (Lipinski definition) is 14. The number of benzene rings is 6. The molecule has 12 heterocycles. The fraction of sp³-hybridized carbons (Fsp3) is 0.304. The molecule has 3 saturated heterocycles. The van der Waals surface area contributed by atoms with Crippen LogP contribution >= 0.6 is 0 Å². The van der Waals surface area contributed by atoms with E-state index in [9.17, 15) is 4.39 Å². The molecule has 1 saturated carbocycles. The molecule has 0 unspecified atom stereocenters. The highest BCUT2D eigenvalue weighted by molar-refractivity contribution is 5.76. The number of tetrazole rings is 1. The summed E-state index contributed by atoms with van der Waals surface area (Å²) in [7, 11) is 8.68. The molecular weight excluding hydrogens is 1250 g/mol. The third-order valence-corrected chi connectivity index (χ3v) is 22.2. The van der Waals surface area contributed by atoms with Gasteiger partial charge in [-0.05, 0) is 218 Å². The summed E-state index contributed by atoms with van der Waals surface area (Å²) in [5, 5.41) is 44.1. The van der Waals surface area contributed by atoms with Crippen molar-refractivity contribution >= 4 is 17.1 Å². The minimum absolute atomic E-state index is 0.228. The van der Waals surface area contributed by atoms with Gasteiger partial charge in [-0.2, -0.15) is 20.3 Å². The van der Waals surface area contributed by atoms with Gasteiger partial charge in [0.1, 0.15) is 18.5 Å². The van der Waals surface area contributed by atoms with Gasteiger partial charge in [-0.1, -0.05) is 56.7 Å². The van der Waals surface area contributed by atoms with Gasteiger partial charge in [0.25, 0.3) is 0 Å². The first-order valence-corrected chi connectivity index (χ1v) is 34.7. The highest BCUT2D eigenvalue weighted by Gasteiger charge is 2.43. The van der Waals surface area contributed by atoms with Crippen LogP contribution in [-0.2, 0) is 19.6 Å². The van der Waals surface area contributed by atoms with Crippen LogP contribution in [-0.4, -0.2) is 153 Å². The molecule has 6 aliphatic heterocycles. The average molecular weight is 1330 g/mol. The van der Waals surface area contributed by atoms with Crippen LogP contribution in [0, 0.1) is 45.7 Å². The summed E-state index contributed by atoms with van der Waals surface area (Å²) in [6.07, 6.45) is 15.3. The van der Waals surface area contributed by atoms with Crippen LogP contribution in [0.15, 0.2) is 177 Å². The smallest absolute Gasteiger partial charge is 0.203 e. The highest BCUT2D eigenvalue weighted by atomic mass is 19.1. The van der Waals surface area contributed by atoms with E-state index in [1.54, 1.807) is 12.7 Å². The normalized spacial score (nSPS) is 18.6.